The molecule has 1 saturated heterocycles. The Labute approximate surface area is 99.5 Å². The van der Waals surface area contributed by atoms with E-state index in [1.807, 2.05) is 30.3 Å². The zero-order chi connectivity index (χ0) is 10.2. The highest BCUT2D eigenvalue weighted by Gasteiger charge is 2.54. The van der Waals surface area contributed by atoms with Crippen molar-refractivity contribution in [3.8, 4) is 0 Å². The van der Waals surface area contributed by atoms with E-state index >= 15 is 0 Å². The molecule has 0 spiro atoms. The maximum Gasteiger partial charge on any atom is 0.218 e. The molecule has 1 unspecified atom stereocenters. The number of ether oxygens (including phenoxy) is 1. The number of rotatable bonds is 1. The first-order chi connectivity index (χ1) is 6.56. The first kappa shape index (κ1) is 10.6. The molecule has 1 atom stereocenters. The summed E-state index contributed by atoms with van der Waals surface area (Å²) in [6, 6.07) is 9.37. The van der Waals surface area contributed by atoms with Crippen molar-refractivity contribution in [1.82, 2.24) is 0 Å². The Hall–Kier alpha value is 0.1000. The standard InChI is InChI=1S/C10H10Br2O2/c11-9(12)6-7-14-10(9,13)8-4-2-1-3-5-8/h1-5,13H,6-7H2. The van der Waals surface area contributed by atoms with Crippen LogP contribution in [0.2, 0.25) is 0 Å². The number of hydrogen-bond acceptors (Lipinski definition) is 2. The number of hydrogen-bond donors (Lipinski definition) is 1. The average Bonchev–Trinajstić information content (AvgIpc) is 2.44. The van der Waals surface area contributed by atoms with Gasteiger partial charge in [0.2, 0.25) is 5.79 Å². The summed E-state index contributed by atoms with van der Waals surface area (Å²) in [7, 11) is 0. The molecule has 2 nitrogen and oxygen atoms in total. The van der Waals surface area contributed by atoms with Gasteiger partial charge in [-0.2, -0.15) is 0 Å². The molecular formula is C10H10Br2O2. The van der Waals surface area contributed by atoms with Crippen LogP contribution in [0.1, 0.15) is 12.0 Å². The van der Waals surface area contributed by atoms with Crippen LogP contribution >= 0.6 is 31.9 Å². The number of benzene rings is 1. The second-order valence-corrected chi connectivity index (χ2v) is 7.08. The van der Waals surface area contributed by atoms with Crippen molar-refractivity contribution in [2.75, 3.05) is 6.61 Å². The molecule has 2 rings (SSSR count). The Morgan fingerprint density at radius 1 is 1.21 bits per heavy atom. The molecule has 1 aromatic carbocycles. The Kier molecular flexibility index (Phi) is 2.72. The fourth-order valence-electron chi connectivity index (χ4n) is 1.56. The van der Waals surface area contributed by atoms with Gasteiger partial charge >= 0.3 is 0 Å². The highest BCUT2D eigenvalue weighted by atomic mass is 79.9. The Morgan fingerprint density at radius 3 is 2.36 bits per heavy atom. The molecule has 1 aromatic rings. The van der Waals surface area contributed by atoms with E-state index in [1.54, 1.807) is 0 Å². The predicted molar refractivity (Wildman–Crippen MR) is 61.5 cm³/mol. The molecule has 0 bridgehead atoms. The molecule has 14 heavy (non-hydrogen) atoms. The number of halogens is 2. The molecule has 1 heterocycles. The topological polar surface area (TPSA) is 29.5 Å². The molecule has 0 aromatic heterocycles. The van der Waals surface area contributed by atoms with Gasteiger partial charge in [-0.3, -0.25) is 0 Å². The Morgan fingerprint density at radius 2 is 1.86 bits per heavy atom. The molecule has 1 fully saturated rings. The van der Waals surface area contributed by atoms with Crippen LogP contribution in [0.4, 0.5) is 0 Å². The van der Waals surface area contributed by atoms with Gasteiger partial charge in [-0.25, -0.2) is 0 Å². The van der Waals surface area contributed by atoms with E-state index in [1.165, 1.54) is 0 Å². The zero-order valence-corrected chi connectivity index (χ0v) is 10.6. The number of alkyl halides is 2. The van der Waals surface area contributed by atoms with Crippen LogP contribution in [-0.4, -0.2) is 14.9 Å². The summed E-state index contributed by atoms with van der Waals surface area (Å²) in [5.74, 6) is -1.28. The molecule has 1 aliphatic heterocycles. The van der Waals surface area contributed by atoms with Gasteiger partial charge in [0.15, 0.2) is 0 Å². The van der Waals surface area contributed by atoms with Crippen LogP contribution in [0, 0.1) is 0 Å². The Balaban J connectivity index is 2.42. The molecular weight excluding hydrogens is 312 g/mol. The minimum absolute atomic E-state index is 0.530. The molecule has 76 valence electrons. The van der Waals surface area contributed by atoms with Crippen LogP contribution in [0.25, 0.3) is 0 Å². The fraction of sp³-hybridized carbons (Fsp3) is 0.400. The van der Waals surface area contributed by atoms with Crippen molar-refractivity contribution in [1.29, 1.82) is 0 Å². The van der Waals surface area contributed by atoms with E-state index in [0.29, 0.717) is 6.61 Å². The third-order valence-corrected chi connectivity index (χ3v) is 4.26. The molecule has 0 saturated carbocycles. The van der Waals surface area contributed by atoms with Gasteiger partial charge < -0.3 is 9.84 Å². The molecule has 1 aliphatic rings. The second-order valence-electron chi connectivity index (χ2n) is 3.31. The monoisotopic (exact) mass is 320 g/mol. The number of aliphatic hydroxyl groups is 1. The van der Waals surface area contributed by atoms with Crippen molar-refractivity contribution >= 4 is 31.9 Å². The summed E-state index contributed by atoms with van der Waals surface area (Å²) in [5.41, 5.74) is 0.756. The van der Waals surface area contributed by atoms with Crippen LogP contribution in [0.15, 0.2) is 30.3 Å². The van der Waals surface area contributed by atoms with E-state index < -0.39 is 9.02 Å². The minimum atomic E-state index is -1.28. The van der Waals surface area contributed by atoms with Gasteiger partial charge in [0.1, 0.15) is 3.23 Å². The molecule has 4 heteroatoms. The predicted octanol–water partition coefficient (Wildman–Crippen LogP) is 2.74. The summed E-state index contributed by atoms with van der Waals surface area (Å²) in [6.07, 6.45) is 0.721. The lowest BCUT2D eigenvalue weighted by Crippen LogP contribution is -2.39. The third-order valence-electron chi connectivity index (χ3n) is 2.39. The maximum absolute atomic E-state index is 10.4. The lowest BCUT2D eigenvalue weighted by atomic mass is 10.0. The summed E-state index contributed by atoms with van der Waals surface area (Å²) in [6.45, 7) is 0.530. The van der Waals surface area contributed by atoms with Crippen LogP contribution < -0.4 is 0 Å². The van der Waals surface area contributed by atoms with Gasteiger partial charge in [-0.05, 0) is 0 Å². The Bertz CT molecular complexity index is 326. The van der Waals surface area contributed by atoms with Crippen LogP contribution in [0.3, 0.4) is 0 Å². The summed E-state index contributed by atoms with van der Waals surface area (Å²) in [4.78, 5) is 0. The van der Waals surface area contributed by atoms with Gasteiger partial charge in [0.25, 0.3) is 0 Å². The highest BCUT2D eigenvalue weighted by Crippen LogP contribution is 2.51. The van der Waals surface area contributed by atoms with Crippen molar-refractivity contribution in [3.05, 3.63) is 35.9 Å². The molecule has 0 amide bonds. The van der Waals surface area contributed by atoms with E-state index in [2.05, 4.69) is 31.9 Å². The van der Waals surface area contributed by atoms with Gasteiger partial charge in [0, 0.05) is 12.0 Å². The molecule has 1 N–H and O–H groups in total. The van der Waals surface area contributed by atoms with Crippen molar-refractivity contribution in [2.24, 2.45) is 0 Å². The minimum Gasteiger partial charge on any atom is -0.360 e. The average molecular weight is 322 g/mol. The third kappa shape index (κ3) is 1.54. The quantitative estimate of drug-likeness (QED) is 0.806. The summed E-state index contributed by atoms with van der Waals surface area (Å²) < 4.78 is 4.81. The van der Waals surface area contributed by atoms with E-state index in [9.17, 15) is 5.11 Å². The summed E-state index contributed by atoms with van der Waals surface area (Å²) >= 11 is 6.89. The summed E-state index contributed by atoms with van der Waals surface area (Å²) in [5, 5.41) is 10.4. The smallest absolute Gasteiger partial charge is 0.218 e. The normalized spacial score (nSPS) is 30.5. The van der Waals surface area contributed by atoms with Crippen LogP contribution in [-0.2, 0) is 10.5 Å². The molecule has 0 aliphatic carbocycles. The largest absolute Gasteiger partial charge is 0.360 e. The SMILES string of the molecule is OC1(c2ccccc2)OCCC1(Br)Br. The van der Waals surface area contributed by atoms with E-state index in [4.69, 9.17) is 4.74 Å². The van der Waals surface area contributed by atoms with Gasteiger partial charge in [-0.15, -0.1) is 0 Å². The fourth-order valence-corrected chi connectivity index (χ4v) is 2.57. The van der Waals surface area contributed by atoms with Crippen molar-refractivity contribution in [3.63, 3.8) is 0 Å². The zero-order valence-electron chi connectivity index (χ0n) is 7.41. The van der Waals surface area contributed by atoms with Crippen molar-refractivity contribution in [2.45, 2.75) is 15.4 Å². The van der Waals surface area contributed by atoms with Gasteiger partial charge in [-0.1, -0.05) is 62.2 Å². The lowest BCUT2D eigenvalue weighted by Gasteiger charge is -2.31. The molecule has 0 radical (unpaired) electrons. The second kappa shape index (κ2) is 3.59. The first-order valence-corrected chi connectivity index (χ1v) is 5.94. The van der Waals surface area contributed by atoms with E-state index in [0.717, 1.165) is 12.0 Å². The highest BCUT2D eigenvalue weighted by molar-refractivity contribution is 9.25. The van der Waals surface area contributed by atoms with E-state index in [-0.39, 0.29) is 0 Å². The first-order valence-electron chi connectivity index (χ1n) is 4.36. The maximum atomic E-state index is 10.4. The van der Waals surface area contributed by atoms with Gasteiger partial charge in [0.05, 0.1) is 6.61 Å². The van der Waals surface area contributed by atoms with Crippen molar-refractivity contribution < 1.29 is 9.84 Å². The lowest BCUT2D eigenvalue weighted by molar-refractivity contribution is -0.178. The van der Waals surface area contributed by atoms with Crippen LogP contribution in [0.5, 0.6) is 0 Å².